The highest BCUT2D eigenvalue weighted by Gasteiger charge is 1.92. The number of halogens is 1. The first-order valence-corrected chi connectivity index (χ1v) is 3.99. The average Bonchev–Trinajstić information content (AvgIpc) is 2.03. The molecule has 0 saturated carbocycles. The van der Waals surface area contributed by atoms with Gasteiger partial charge in [0.05, 0.1) is 0 Å². The second kappa shape index (κ2) is 4.14. The topological polar surface area (TPSA) is 12.9 Å². The van der Waals surface area contributed by atoms with Gasteiger partial charge in [-0.15, -0.1) is 0 Å². The van der Waals surface area contributed by atoms with E-state index in [-0.39, 0.29) is 0 Å². The molecular weight excluding hydrogens is 158 g/mol. The standard InChI is InChI=1S/C9H10ClN/c1-2-3-5-8-6-4-7-11-9(8)10/h3-7H,2H2,1H3. The van der Waals surface area contributed by atoms with Gasteiger partial charge in [-0.25, -0.2) is 4.98 Å². The molecule has 0 unspecified atom stereocenters. The molecule has 0 spiro atoms. The van der Waals surface area contributed by atoms with Gasteiger partial charge in [-0.2, -0.15) is 0 Å². The Hall–Kier alpha value is -0.820. The Labute approximate surface area is 71.7 Å². The molecule has 0 radical (unpaired) electrons. The van der Waals surface area contributed by atoms with Crippen LogP contribution in [0.4, 0.5) is 0 Å². The van der Waals surface area contributed by atoms with Crippen LogP contribution in [0.15, 0.2) is 24.4 Å². The predicted octanol–water partition coefficient (Wildman–Crippen LogP) is 3.16. The van der Waals surface area contributed by atoms with Gasteiger partial charge < -0.3 is 0 Å². The lowest BCUT2D eigenvalue weighted by Gasteiger charge is -1.93. The molecule has 2 heteroatoms. The van der Waals surface area contributed by atoms with Gasteiger partial charge in [0.2, 0.25) is 0 Å². The Balaban J connectivity index is 2.86. The van der Waals surface area contributed by atoms with Crippen molar-refractivity contribution in [3.63, 3.8) is 0 Å². The van der Waals surface area contributed by atoms with Crippen LogP contribution in [-0.4, -0.2) is 4.98 Å². The third-order valence-corrected chi connectivity index (χ3v) is 1.64. The van der Waals surface area contributed by atoms with E-state index in [0.29, 0.717) is 5.15 Å². The quantitative estimate of drug-likeness (QED) is 0.617. The fraction of sp³-hybridized carbons (Fsp3) is 0.222. The second-order valence-electron chi connectivity index (χ2n) is 2.19. The Bertz CT molecular complexity index is 255. The van der Waals surface area contributed by atoms with Gasteiger partial charge in [0.25, 0.3) is 0 Å². The summed E-state index contributed by atoms with van der Waals surface area (Å²) in [5, 5.41) is 0.567. The summed E-state index contributed by atoms with van der Waals surface area (Å²) in [5.74, 6) is 0. The van der Waals surface area contributed by atoms with Gasteiger partial charge in [-0.3, -0.25) is 0 Å². The van der Waals surface area contributed by atoms with Crippen molar-refractivity contribution in [1.29, 1.82) is 0 Å². The van der Waals surface area contributed by atoms with E-state index in [1.165, 1.54) is 0 Å². The number of pyridine rings is 1. The molecule has 1 heterocycles. The van der Waals surface area contributed by atoms with E-state index in [2.05, 4.69) is 18.0 Å². The number of hydrogen-bond donors (Lipinski definition) is 0. The summed E-state index contributed by atoms with van der Waals surface area (Å²) in [7, 11) is 0. The Kier molecular flexibility index (Phi) is 3.12. The highest BCUT2D eigenvalue weighted by molar-refractivity contribution is 6.30. The monoisotopic (exact) mass is 167 g/mol. The van der Waals surface area contributed by atoms with Crippen molar-refractivity contribution >= 4 is 17.7 Å². The summed E-state index contributed by atoms with van der Waals surface area (Å²) in [4.78, 5) is 3.95. The first kappa shape index (κ1) is 8.28. The molecule has 0 N–H and O–H groups in total. The Morgan fingerprint density at radius 2 is 2.45 bits per heavy atom. The molecule has 1 aromatic heterocycles. The molecule has 1 aromatic rings. The molecule has 0 aliphatic rings. The van der Waals surface area contributed by atoms with Crippen molar-refractivity contribution in [2.75, 3.05) is 0 Å². The van der Waals surface area contributed by atoms with Gasteiger partial charge in [-0.1, -0.05) is 36.7 Å². The van der Waals surface area contributed by atoms with Crippen LogP contribution in [0.1, 0.15) is 18.9 Å². The molecule has 0 aliphatic heterocycles. The maximum Gasteiger partial charge on any atom is 0.136 e. The number of nitrogens with zero attached hydrogens (tertiary/aromatic N) is 1. The highest BCUT2D eigenvalue weighted by Crippen LogP contribution is 2.12. The summed E-state index contributed by atoms with van der Waals surface area (Å²) in [6.45, 7) is 2.08. The van der Waals surface area contributed by atoms with Gasteiger partial charge in [-0.05, 0) is 12.5 Å². The van der Waals surface area contributed by atoms with Crippen molar-refractivity contribution in [2.24, 2.45) is 0 Å². The Morgan fingerprint density at radius 1 is 1.64 bits per heavy atom. The molecule has 0 aliphatic carbocycles. The summed E-state index contributed by atoms with van der Waals surface area (Å²) in [5.41, 5.74) is 0.982. The van der Waals surface area contributed by atoms with Crippen molar-refractivity contribution < 1.29 is 0 Å². The highest BCUT2D eigenvalue weighted by atomic mass is 35.5. The van der Waals surface area contributed by atoms with Crippen LogP contribution in [0.3, 0.4) is 0 Å². The number of allylic oxidation sites excluding steroid dienone is 1. The number of hydrogen-bond acceptors (Lipinski definition) is 1. The molecule has 0 aromatic carbocycles. The maximum absolute atomic E-state index is 5.80. The lowest BCUT2D eigenvalue weighted by atomic mass is 10.2. The Morgan fingerprint density at radius 3 is 3.09 bits per heavy atom. The zero-order chi connectivity index (χ0) is 8.10. The number of rotatable bonds is 2. The molecule has 1 nitrogen and oxygen atoms in total. The molecule has 1 rings (SSSR count). The van der Waals surface area contributed by atoms with Crippen LogP contribution in [0.2, 0.25) is 5.15 Å². The van der Waals surface area contributed by atoms with Gasteiger partial charge in [0.15, 0.2) is 0 Å². The third-order valence-electron chi connectivity index (χ3n) is 1.32. The molecule has 58 valence electrons. The van der Waals surface area contributed by atoms with Crippen LogP contribution >= 0.6 is 11.6 Å². The summed E-state index contributed by atoms with van der Waals surface area (Å²) in [6.07, 6.45) is 6.75. The van der Waals surface area contributed by atoms with Crippen molar-refractivity contribution in [3.05, 3.63) is 35.1 Å². The van der Waals surface area contributed by atoms with Gasteiger partial charge >= 0.3 is 0 Å². The zero-order valence-corrected chi connectivity index (χ0v) is 7.17. The van der Waals surface area contributed by atoms with Crippen LogP contribution in [0.25, 0.3) is 6.08 Å². The molecule has 0 bridgehead atoms. The van der Waals surface area contributed by atoms with E-state index in [4.69, 9.17) is 11.6 Å². The molecule has 0 fully saturated rings. The summed E-state index contributed by atoms with van der Waals surface area (Å²) < 4.78 is 0. The lowest BCUT2D eigenvalue weighted by Crippen LogP contribution is -1.77. The van der Waals surface area contributed by atoms with Gasteiger partial charge in [0, 0.05) is 11.8 Å². The smallest absolute Gasteiger partial charge is 0.136 e. The second-order valence-corrected chi connectivity index (χ2v) is 2.55. The summed E-state index contributed by atoms with van der Waals surface area (Å²) in [6, 6.07) is 3.82. The number of aromatic nitrogens is 1. The van der Waals surface area contributed by atoms with Crippen LogP contribution in [0.5, 0.6) is 0 Å². The minimum atomic E-state index is 0.567. The van der Waals surface area contributed by atoms with E-state index in [0.717, 1.165) is 12.0 Å². The van der Waals surface area contributed by atoms with E-state index in [1.54, 1.807) is 6.20 Å². The normalized spacial score (nSPS) is 10.7. The minimum Gasteiger partial charge on any atom is -0.244 e. The van der Waals surface area contributed by atoms with Crippen molar-refractivity contribution in [2.45, 2.75) is 13.3 Å². The van der Waals surface area contributed by atoms with Crippen LogP contribution in [-0.2, 0) is 0 Å². The zero-order valence-electron chi connectivity index (χ0n) is 6.42. The maximum atomic E-state index is 5.80. The largest absolute Gasteiger partial charge is 0.244 e. The molecule has 11 heavy (non-hydrogen) atoms. The van der Waals surface area contributed by atoms with E-state index < -0.39 is 0 Å². The summed E-state index contributed by atoms with van der Waals surface area (Å²) >= 11 is 5.80. The van der Waals surface area contributed by atoms with Crippen LogP contribution in [0, 0.1) is 0 Å². The van der Waals surface area contributed by atoms with Gasteiger partial charge in [0.1, 0.15) is 5.15 Å². The van der Waals surface area contributed by atoms with E-state index >= 15 is 0 Å². The van der Waals surface area contributed by atoms with E-state index in [1.807, 2.05) is 18.2 Å². The molecule has 0 amide bonds. The van der Waals surface area contributed by atoms with Crippen LogP contribution < -0.4 is 0 Å². The first-order chi connectivity index (χ1) is 5.34. The first-order valence-electron chi connectivity index (χ1n) is 3.61. The lowest BCUT2D eigenvalue weighted by molar-refractivity contribution is 1.23. The van der Waals surface area contributed by atoms with E-state index in [9.17, 15) is 0 Å². The van der Waals surface area contributed by atoms with Crippen molar-refractivity contribution in [3.8, 4) is 0 Å². The fourth-order valence-corrected chi connectivity index (χ4v) is 0.950. The van der Waals surface area contributed by atoms with Crippen molar-refractivity contribution in [1.82, 2.24) is 4.98 Å². The third kappa shape index (κ3) is 2.35. The molecular formula is C9H10ClN. The minimum absolute atomic E-state index is 0.567. The predicted molar refractivity (Wildman–Crippen MR) is 48.6 cm³/mol. The average molecular weight is 168 g/mol. The molecule has 0 saturated heterocycles. The fourth-order valence-electron chi connectivity index (χ4n) is 0.768. The SMILES string of the molecule is CCC=Cc1cccnc1Cl. The molecule has 0 atom stereocenters.